The first kappa shape index (κ1) is 24.8. The molecule has 37 heavy (non-hydrogen) atoms. The van der Waals surface area contributed by atoms with Crippen LogP contribution in [0.15, 0.2) is 72.8 Å². The minimum Gasteiger partial charge on any atom is -0.379 e. The number of aromatic nitrogens is 1. The van der Waals surface area contributed by atoms with Crippen LogP contribution in [-0.2, 0) is 9.53 Å². The van der Waals surface area contributed by atoms with Crippen LogP contribution >= 0.6 is 0 Å². The smallest absolute Gasteiger partial charge is 0.255 e. The number of nitrogens with one attached hydrogen (secondary N) is 2. The summed E-state index contributed by atoms with van der Waals surface area (Å²) in [7, 11) is 0. The van der Waals surface area contributed by atoms with Gasteiger partial charge in [0.2, 0.25) is 5.91 Å². The highest BCUT2D eigenvalue weighted by atomic mass is 16.5. The molecule has 0 aliphatic carbocycles. The van der Waals surface area contributed by atoms with E-state index in [9.17, 15) is 9.59 Å². The van der Waals surface area contributed by atoms with Crippen LogP contribution in [0.2, 0.25) is 0 Å². The van der Waals surface area contributed by atoms with E-state index in [-0.39, 0.29) is 30.5 Å². The van der Waals surface area contributed by atoms with Gasteiger partial charge in [-0.05, 0) is 50.5 Å². The maximum Gasteiger partial charge on any atom is 0.255 e. The Bertz CT molecular complexity index is 1420. The molecule has 0 bridgehead atoms. The molecule has 2 heterocycles. The zero-order valence-corrected chi connectivity index (χ0v) is 21.6. The molecule has 1 aromatic heterocycles. The Hall–Kier alpha value is -3.90. The number of amides is 2. The normalized spacial score (nSPS) is 15.0. The Labute approximate surface area is 217 Å². The number of rotatable bonds is 9. The number of aryl methyl sites for hydroxylation is 1. The van der Waals surface area contributed by atoms with E-state index in [2.05, 4.69) is 53.6 Å². The van der Waals surface area contributed by atoms with Crippen LogP contribution in [0.3, 0.4) is 0 Å². The van der Waals surface area contributed by atoms with Gasteiger partial charge in [0, 0.05) is 35.2 Å². The molecule has 0 unspecified atom stereocenters. The van der Waals surface area contributed by atoms with E-state index in [0.29, 0.717) is 18.7 Å². The number of nitrogens with zero attached hydrogens (tertiary/aromatic N) is 1. The van der Waals surface area contributed by atoms with Gasteiger partial charge in [-0.3, -0.25) is 9.59 Å². The van der Waals surface area contributed by atoms with Crippen molar-refractivity contribution in [1.29, 1.82) is 0 Å². The first-order chi connectivity index (χ1) is 17.9. The second kappa shape index (κ2) is 10.6. The summed E-state index contributed by atoms with van der Waals surface area (Å²) in [6, 6.07) is 23.8. The fourth-order valence-electron chi connectivity index (χ4n) is 5.07. The lowest BCUT2D eigenvalue weighted by Crippen LogP contribution is -2.40. The van der Waals surface area contributed by atoms with Crippen molar-refractivity contribution in [3.05, 3.63) is 95.1 Å². The molecule has 0 saturated heterocycles. The van der Waals surface area contributed by atoms with E-state index in [1.165, 1.54) is 5.56 Å². The molecule has 1 atom stereocenters. The standard InChI is InChI=1S/C31H33N3O3/c1-20(2)37-18-8-17-32-27(35)19-34-30(23-9-4-5-10-24(23)31(34)36)28-25-11-6-7-12-26(25)33-29(28)22-15-13-21(3)14-16-22/h4-7,9-16,20,30,33H,8,17-19H2,1-3H3,(H,32,35)/t30-/m0/s1. The quantitative estimate of drug-likeness (QED) is 0.296. The lowest BCUT2D eigenvalue weighted by atomic mass is 9.93. The van der Waals surface area contributed by atoms with Crippen molar-refractivity contribution in [2.45, 2.75) is 39.3 Å². The topological polar surface area (TPSA) is 74.4 Å². The summed E-state index contributed by atoms with van der Waals surface area (Å²) in [6.45, 7) is 7.12. The van der Waals surface area contributed by atoms with E-state index < -0.39 is 0 Å². The predicted molar refractivity (Wildman–Crippen MR) is 147 cm³/mol. The van der Waals surface area contributed by atoms with Gasteiger partial charge in [-0.2, -0.15) is 0 Å². The zero-order valence-electron chi connectivity index (χ0n) is 21.6. The monoisotopic (exact) mass is 495 g/mol. The summed E-state index contributed by atoms with van der Waals surface area (Å²) in [5, 5.41) is 4.01. The third-order valence-corrected chi connectivity index (χ3v) is 6.83. The van der Waals surface area contributed by atoms with E-state index in [1.54, 1.807) is 4.90 Å². The summed E-state index contributed by atoms with van der Waals surface area (Å²) in [5.74, 6) is -0.300. The molecule has 2 amide bonds. The number of hydrogen-bond acceptors (Lipinski definition) is 3. The first-order valence-electron chi connectivity index (χ1n) is 12.9. The highest BCUT2D eigenvalue weighted by Crippen LogP contribution is 2.45. The molecule has 0 spiro atoms. The molecular weight excluding hydrogens is 462 g/mol. The number of para-hydroxylation sites is 1. The van der Waals surface area contributed by atoms with Crippen LogP contribution in [0, 0.1) is 6.92 Å². The fourth-order valence-corrected chi connectivity index (χ4v) is 5.07. The number of H-pyrrole nitrogens is 1. The van der Waals surface area contributed by atoms with Gasteiger partial charge in [-0.15, -0.1) is 0 Å². The number of carbonyl (C=O) groups is 2. The Morgan fingerprint density at radius 3 is 2.54 bits per heavy atom. The van der Waals surface area contributed by atoms with Crippen LogP contribution in [0.4, 0.5) is 0 Å². The second-order valence-electron chi connectivity index (χ2n) is 9.87. The SMILES string of the molecule is Cc1ccc(-c2[nH]c3ccccc3c2[C@@H]2c3ccccc3C(=O)N2CC(=O)NCCCOC(C)C)cc1. The number of ether oxygens (including phenoxy) is 1. The number of fused-ring (bicyclic) bond motifs is 2. The summed E-state index contributed by atoms with van der Waals surface area (Å²) < 4.78 is 5.57. The molecule has 190 valence electrons. The van der Waals surface area contributed by atoms with Gasteiger partial charge < -0.3 is 19.9 Å². The molecule has 1 aliphatic rings. The van der Waals surface area contributed by atoms with E-state index in [4.69, 9.17) is 4.74 Å². The van der Waals surface area contributed by atoms with Crippen molar-refractivity contribution in [2.75, 3.05) is 19.7 Å². The van der Waals surface area contributed by atoms with Crippen molar-refractivity contribution in [3.63, 3.8) is 0 Å². The maximum absolute atomic E-state index is 13.6. The molecule has 1 aliphatic heterocycles. The Morgan fingerprint density at radius 1 is 1.03 bits per heavy atom. The van der Waals surface area contributed by atoms with Crippen LogP contribution in [0.1, 0.15) is 53.4 Å². The fraction of sp³-hybridized carbons (Fsp3) is 0.290. The largest absolute Gasteiger partial charge is 0.379 e. The molecule has 0 radical (unpaired) electrons. The molecule has 0 saturated carbocycles. The first-order valence-corrected chi connectivity index (χ1v) is 12.9. The third kappa shape index (κ3) is 5.02. The summed E-state index contributed by atoms with van der Waals surface area (Å²) in [4.78, 5) is 32.0. The third-order valence-electron chi connectivity index (χ3n) is 6.83. The summed E-state index contributed by atoms with van der Waals surface area (Å²) in [6.07, 6.45) is 0.887. The summed E-state index contributed by atoms with van der Waals surface area (Å²) >= 11 is 0. The molecular formula is C31H33N3O3. The molecule has 0 fully saturated rings. The van der Waals surface area contributed by atoms with Crippen LogP contribution < -0.4 is 5.32 Å². The number of hydrogen-bond donors (Lipinski definition) is 2. The lowest BCUT2D eigenvalue weighted by Gasteiger charge is -2.26. The van der Waals surface area contributed by atoms with Crippen LogP contribution in [0.5, 0.6) is 0 Å². The molecule has 3 aromatic carbocycles. The van der Waals surface area contributed by atoms with Gasteiger partial charge in [-0.1, -0.05) is 66.2 Å². The van der Waals surface area contributed by atoms with Gasteiger partial charge in [0.05, 0.1) is 17.8 Å². The molecule has 5 rings (SSSR count). The average Bonchev–Trinajstić information content (AvgIpc) is 3.39. The van der Waals surface area contributed by atoms with Crippen LogP contribution in [0.25, 0.3) is 22.2 Å². The van der Waals surface area contributed by atoms with Crippen molar-refractivity contribution in [1.82, 2.24) is 15.2 Å². The van der Waals surface area contributed by atoms with Gasteiger partial charge in [-0.25, -0.2) is 0 Å². The number of aromatic amines is 1. The minimum absolute atomic E-state index is 0.0178. The zero-order chi connectivity index (χ0) is 25.9. The molecule has 4 aromatic rings. The second-order valence-corrected chi connectivity index (χ2v) is 9.87. The van der Waals surface area contributed by atoms with Gasteiger partial charge >= 0.3 is 0 Å². The summed E-state index contributed by atoms with van der Waals surface area (Å²) in [5.41, 5.74) is 6.76. The highest BCUT2D eigenvalue weighted by Gasteiger charge is 2.40. The highest BCUT2D eigenvalue weighted by molar-refractivity contribution is 6.03. The Morgan fingerprint density at radius 2 is 1.76 bits per heavy atom. The van der Waals surface area contributed by atoms with Crippen molar-refractivity contribution >= 4 is 22.7 Å². The number of benzene rings is 3. The van der Waals surface area contributed by atoms with Crippen LogP contribution in [-0.4, -0.2) is 47.5 Å². The van der Waals surface area contributed by atoms with E-state index >= 15 is 0 Å². The van der Waals surface area contributed by atoms with Crippen molar-refractivity contribution < 1.29 is 14.3 Å². The van der Waals surface area contributed by atoms with Gasteiger partial charge in [0.15, 0.2) is 0 Å². The molecule has 6 nitrogen and oxygen atoms in total. The Kier molecular flexibility index (Phi) is 7.10. The van der Waals surface area contributed by atoms with Gasteiger partial charge in [0.25, 0.3) is 5.91 Å². The maximum atomic E-state index is 13.6. The van der Waals surface area contributed by atoms with Crippen molar-refractivity contribution in [3.8, 4) is 11.3 Å². The predicted octanol–water partition coefficient (Wildman–Crippen LogP) is 5.62. The van der Waals surface area contributed by atoms with E-state index in [0.717, 1.165) is 39.7 Å². The van der Waals surface area contributed by atoms with Gasteiger partial charge in [0.1, 0.15) is 6.54 Å². The minimum atomic E-state index is -0.383. The van der Waals surface area contributed by atoms with Crippen molar-refractivity contribution in [2.24, 2.45) is 0 Å². The molecule has 6 heteroatoms. The number of carbonyl (C=O) groups excluding carboxylic acids is 2. The average molecular weight is 496 g/mol. The Balaban J connectivity index is 1.52. The van der Waals surface area contributed by atoms with E-state index in [1.807, 2.05) is 50.2 Å². The molecule has 2 N–H and O–H groups in total. The lowest BCUT2D eigenvalue weighted by molar-refractivity contribution is -0.122.